The van der Waals surface area contributed by atoms with Gasteiger partial charge in [0.15, 0.2) is 0 Å². The molecule has 58 valence electrons. The van der Waals surface area contributed by atoms with Gasteiger partial charge in [-0.1, -0.05) is 19.1 Å². The van der Waals surface area contributed by atoms with E-state index in [0.29, 0.717) is 6.42 Å². The molecule has 0 aliphatic heterocycles. The second-order valence-corrected chi connectivity index (χ2v) is 2.20. The summed E-state index contributed by atoms with van der Waals surface area (Å²) in [5.41, 5.74) is 4.29. The average molecular weight is 143 g/mol. The van der Waals surface area contributed by atoms with E-state index in [9.17, 15) is 4.79 Å². The van der Waals surface area contributed by atoms with E-state index in [4.69, 9.17) is 10.8 Å². The van der Waals surface area contributed by atoms with E-state index < -0.39 is 11.5 Å². The van der Waals surface area contributed by atoms with Gasteiger partial charge in [-0.05, 0) is 13.3 Å². The summed E-state index contributed by atoms with van der Waals surface area (Å²) in [7, 11) is 0. The summed E-state index contributed by atoms with van der Waals surface area (Å²) in [5, 5.41) is 8.59. The maximum absolute atomic E-state index is 10.5. The number of hydrogen-bond donors (Lipinski definition) is 2. The zero-order chi connectivity index (χ0) is 8.20. The molecular weight excluding hydrogens is 130 g/mol. The Morgan fingerprint density at radius 3 is 2.40 bits per heavy atom. The normalized spacial score (nSPS) is 17.1. The third-order valence-electron chi connectivity index (χ3n) is 1.45. The molecule has 0 saturated heterocycles. The largest absolute Gasteiger partial charge is 0.480 e. The quantitative estimate of drug-likeness (QED) is 0.573. The number of carboxylic acids is 1. The highest BCUT2D eigenvalue weighted by Crippen LogP contribution is 2.07. The monoisotopic (exact) mass is 143 g/mol. The van der Waals surface area contributed by atoms with Crippen molar-refractivity contribution in [3.8, 4) is 0 Å². The Morgan fingerprint density at radius 1 is 1.80 bits per heavy atom. The predicted molar refractivity (Wildman–Crippen MR) is 39.7 cm³/mol. The number of rotatable bonds is 3. The molecule has 0 radical (unpaired) electrons. The highest BCUT2D eigenvalue weighted by atomic mass is 16.4. The van der Waals surface area contributed by atoms with Crippen LogP contribution < -0.4 is 5.73 Å². The van der Waals surface area contributed by atoms with Crippen LogP contribution >= 0.6 is 0 Å². The van der Waals surface area contributed by atoms with E-state index >= 15 is 0 Å². The van der Waals surface area contributed by atoms with Gasteiger partial charge in [0.2, 0.25) is 0 Å². The summed E-state index contributed by atoms with van der Waals surface area (Å²) in [4.78, 5) is 10.5. The number of carboxylic acid groups (broad SMARTS) is 1. The van der Waals surface area contributed by atoms with E-state index in [-0.39, 0.29) is 0 Å². The van der Waals surface area contributed by atoms with Crippen LogP contribution in [0.25, 0.3) is 0 Å². The molecule has 0 unspecified atom stereocenters. The van der Waals surface area contributed by atoms with Gasteiger partial charge in [-0.2, -0.15) is 0 Å². The van der Waals surface area contributed by atoms with Crippen molar-refractivity contribution in [3.63, 3.8) is 0 Å². The molecule has 0 rings (SSSR count). The molecule has 0 heterocycles. The molecule has 3 N–H and O–H groups in total. The fourth-order valence-electron chi connectivity index (χ4n) is 0.638. The molecule has 0 aromatic heterocycles. The average Bonchev–Trinajstić information content (AvgIpc) is 1.88. The molecular formula is C7H13NO2. The maximum atomic E-state index is 10.5. The van der Waals surface area contributed by atoms with Crippen LogP contribution in [0.1, 0.15) is 20.3 Å². The van der Waals surface area contributed by atoms with E-state index in [0.717, 1.165) is 0 Å². The van der Waals surface area contributed by atoms with Crippen LogP contribution in [0.5, 0.6) is 0 Å². The fraction of sp³-hybridized carbons (Fsp3) is 0.571. The van der Waals surface area contributed by atoms with Crippen molar-refractivity contribution >= 4 is 5.97 Å². The molecule has 0 saturated carbocycles. The Bertz CT molecular complexity index is 154. The number of carbonyl (C=O) groups is 1. The summed E-state index contributed by atoms with van der Waals surface area (Å²) in [6, 6.07) is 0. The Kier molecular flexibility index (Phi) is 3.09. The first-order valence-corrected chi connectivity index (χ1v) is 3.23. The van der Waals surface area contributed by atoms with Gasteiger partial charge in [-0.3, -0.25) is 0 Å². The molecule has 0 fully saturated rings. The van der Waals surface area contributed by atoms with Gasteiger partial charge in [-0.25, -0.2) is 4.79 Å². The van der Waals surface area contributed by atoms with Crippen LogP contribution in [0.4, 0.5) is 0 Å². The van der Waals surface area contributed by atoms with Gasteiger partial charge in [0, 0.05) is 0 Å². The zero-order valence-corrected chi connectivity index (χ0v) is 6.29. The Morgan fingerprint density at radius 2 is 2.30 bits per heavy atom. The van der Waals surface area contributed by atoms with Crippen LogP contribution in [0.3, 0.4) is 0 Å². The second kappa shape index (κ2) is 3.37. The van der Waals surface area contributed by atoms with Crippen molar-refractivity contribution in [2.45, 2.75) is 25.8 Å². The van der Waals surface area contributed by atoms with E-state index in [1.54, 1.807) is 19.9 Å². The topological polar surface area (TPSA) is 63.3 Å². The summed E-state index contributed by atoms with van der Waals surface area (Å²) in [5.74, 6) is -0.979. The van der Waals surface area contributed by atoms with Crippen molar-refractivity contribution < 1.29 is 9.90 Å². The van der Waals surface area contributed by atoms with Gasteiger partial charge in [0.1, 0.15) is 5.54 Å². The minimum absolute atomic E-state index is 0.409. The standard InChI is InChI=1S/C7H13NO2/c1-3-5-7(8,4-2)6(9)10/h3,5H,4,8H2,1-2H3,(H,9,10)/b5-3+/t7-/m1/s1. The van der Waals surface area contributed by atoms with Crippen LogP contribution in [0, 0.1) is 0 Å². The fourth-order valence-corrected chi connectivity index (χ4v) is 0.638. The van der Waals surface area contributed by atoms with E-state index in [1.807, 2.05) is 0 Å². The maximum Gasteiger partial charge on any atom is 0.327 e. The molecule has 0 aliphatic carbocycles. The van der Waals surface area contributed by atoms with Crippen molar-refractivity contribution in [2.24, 2.45) is 5.73 Å². The molecule has 3 heteroatoms. The van der Waals surface area contributed by atoms with Gasteiger partial charge in [-0.15, -0.1) is 0 Å². The summed E-state index contributed by atoms with van der Waals surface area (Å²) < 4.78 is 0. The molecule has 0 amide bonds. The lowest BCUT2D eigenvalue weighted by atomic mass is 9.97. The van der Waals surface area contributed by atoms with Crippen molar-refractivity contribution in [1.29, 1.82) is 0 Å². The van der Waals surface area contributed by atoms with Crippen LogP contribution in [-0.2, 0) is 4.79 Å². The molecule has 0 aromatic rings. The van der Waals surface area contributed by atoms with Gasteiger partial charge >= 0.3 is 5.97 Å². The first-order chi connectivity index (χ1) is 4.56. The Balaban J connectivity index is 4.38. The lowest BCUT2D eigenvalue weighted by Gasteiger charge is -2.17. The molecule has 0 bridgehead atoms. The lowest BCUT2D eigenvalue weighted by molar-refractivity contribution is -0.141. The van der Waals surface area contributed by atoms with Crippen LogP contribution in [0.2, 0.25) is 0 Å². The van der Waals surface area contributed by atoms with Crippen LogP contribution in [-0.4, -0.2) is 16.6 Å². The van der Waals surface area contributed by atoms with Gasteiger partial charge in [0.05, 0.1) is 0 Å². The molecule has 0 spiro atoms. The van der Waals surface area contributed by atoms with Gasteiger partial charge in [0.25, 0.3) is 0 Å². The zero-order valence-electron chi connectivity index (χ0n) is 6.29. The Labute approximate surface area is 60.5 Å². The predicted octanol–water partition coefficient (Wildman–Crippen LogP) is 0.755. The first-order valence-electron chi connectivity index (χ1n) is 3.23. The molecule has 0 aliphatic rings. The van der Waals surface area contributed by atoms with Crippen molar-refractivity contribution in [2.75, 3.05) is 0 Å². The molecule has 3 nitrogen and oxygen atoms in total. The third-order valence-corrected chi connectivity index (χ3v) is 1.45. The smallest absolute Gasteiger partial charge is 0.327 e. The van der Waals surface area contributed by atoms with E-state index in [1.165, 1.54) is 6.08 Å². The SMILES string of the molecule is C/C=C/[C@](N)(CC)C(=O)O. The summed E-state index contributed by atoms with van der Waals surface area (Å²) in [6.07, 6.45) is 3.56. The lowest BCUT2D eigenvalue weighted by Crippen LogP contribution is -2.45. The highest BCUT2D eigenvalue weighted by molar-refractivity contribution is 5.80. The van der Waals surface area contributed by atoms with Crippen molar-refractivity contribution in [1.82, 2.24) is 0 Å². The van der Waals surface area contributed by atoms with E-state index in [2.05, 4.69) is 0 Å². The number of nitrogens with two attached hydrogens (primary N) is 1. The highest BCUT2D eigenvalue weighted by Gasteiger charge is 2.27. The minimum atomic E-state index is -1.17. The number of allylic oxidation sites excluding steroid dienone is 1. The molecule has 1 atom stereocenters. The second-order valence-electron chi connectivity index (χ2n) is 2.20. The number of aliphatic carboxylic acids is 1. The molecule has 0 aromatic carbocycles. The third kappa shape index (κ3) is 1.84. The Hall–Kier alpha value is -0.830. The van der Waals surface area contributed by atoms with Crippen molar-refractivity contribution in [3.05, 3.63) is 12.2 Å². The van der Waals surface area contributed by atoms with Crippen LogP contribution in [0.15, 0.2) is 12.2 Å². The first kappa shape index (κ1) is 9.17. The minimum Gasteiger partial charge on any atom is -0.480 e. The van der Waals surface area contributed by atoms with Gasteiger partial charge < -0.3 is 10.8 Å². The summed E-state index contributed by atoms with van der Waals surface area (Å²) in [6.45, 7) is 3.49. The number of hydrogen-bond acceptors (Lipinski definition) is 2. The summed E-state index contributed by atoms with van der Waals surface area (Å²) >= 11 is 0. The molecule has 10 heavy (non-hydrogen) atoms.